The molecule has 0 spiro atoms. The summed E-state index contributed by atoms with van der Waals surface area (Å²) in [5.74, 6) is 0.389. The fourth-order valence-corrected chi connectivity index (χ4v) is 3.46. The molecule has 2 amide bonds. The fourth-order valence-electron chi connectivity index (χ4n) is 3.46. The Morgan fingerprint density at radius 1 is 1.03 bits per heavy atom. The molecule has 0 saturated heterocycles. The Morgan fingerprint density at radius 2 is 1.80 bits per heavy atom. The van der Waals surface area contributed by atoms with E-state index in [4.69, 9.17) is 14.2 Å². The highest BCUT2D eigenvalue weighted by atomic mass is 19.1. The van der Waals surface area contributed by atoms with E-state index >= 15 is 0 Å². The number of methoxy groups -OCH3 is 2. The smallest absolute Gasteiger partial charge is 0.411 e. The highest BCUT2D eigenvalue weighted by molar-refractivity contribution is 5.97. The first kappa shape index (κ1) is 21.4. The van der Waals surface area contributed by atoms with Crippen LogP contribution in [-0.4, -0.2) is 38.4 Å². The van der Waals surface area contributed by atoms with Crippen LogP contribution in [0.4, 0.5) is 14.9 Å². The molecule has 8 heteroatoms. The SMILES string of the molecule is COc1ccc(C(=O)N[C@@H]2CCC[C@H](OC(=O)Nc3ccc(F)cc3)C2)c(OC)c1. The Labute approximate surface area is 174 Å². The molecule has 2 aromatic carbocycles. The average molecular weight is 416 g/mol. The molecular formula is C22H25FN2O5. The molecule has 30 heavy (non-hydrogen) atoms. The zero-order valence-electron chi connectivity index (χ0n) is 16.9. The molecule has 0 aliphatic heterocycles. The Bertz CT molecular complexity index is 888. The second-order valence-corrected chi connectivity index (χ2v) is 7.06. The molecular weight excluding hydrogens is 391 g/mol. The van der Waals surface area contributed by atoms with Crippen molar-refractivity contribution in [3.63, 3.8) is 0 Å². The number of anilines is 1. The Kier molecular flexibility index (Phi) is 7.11. The van der Waals surface area contributed by atoms with Crippen LogP contribution in [0, 0.1) is 5.82 Å². The van der Waals surface area contributed by atoms with E-state index in [-0.39, 0.29) is 23.9 Å². The highest BCUT2D eigenvalue weighted by Crippen LogP contribution is 2.26. The number of hydrogen-bond acceptors (Lipinski definition) is 5. The predicted octanol–water partition coefficient (Wildman–Crippen LogP) is 4.13. The molecule has 0 heterocycles. The van der Waals surface area contributed by atoms with Crippen molar-refractivity contribution in [1.82, 2.24) is 5.32 Å². The molecule has 2 aromatic rings. The molecule has 7 nitrogen and oxygen atoms in total. The van der Waals surface area contributed by atoms with Crippen LogP contribution in [0.2, 0.25) is 0 Å². The zero-order chi connectivity index (χ0) is 21.5. The lowest BCUT2D eigenvalue weighted by Gasteiger charge is -2.29. The molecule has 160 valence electrons. The molecule has 2 atom stereocenters. The molecule has 2 N–H and O–H groups in total. The first-order chi connectivity index (χ1) is 14.5. The quantitative estimate of drug-likeness (QED) is 0.740. The van der Waals surface area contributed by atoms with Gasteiger partial charge in [-0.1, -0.05) is 0 Å². The number of rotatable bonds is 6. The minimum Gasteiger partial charge on any atom is -0.497 e. The fraction of sp³-hybridized carbons (Fsp3) is 0.364. The maximum absolute atomic E-state index is 13.0. The van der Waals surface area contributed by atoms with E-state index < -0.39 is 6.09 Å². The number of ether oxygens (including phenoxy) is 3. The van der Waals surface area contributed by atoms with Gasteiger partial charge in [-0.25, -0.2) is 9.18 Å². The Balaban J connectivity index is 1.55. The summed E-state index contributed by atoms with van der Waals surface area (Å²) in [6.45, 7) is 0. The van der Waals surface area contributed by atoms with Gasteiger partial charge < -0.3 is 19.5 Å². The largest absolute Gasteiger partial charge is 0.497 e. The molecule has 0 bridgehead atoms. The third-order valence-electron chi connectivity index (χ3n) is 4.98. The second kappa shape index (κ2) is 9.96. The van der Waals surface area contributed by atoms with Crippen molar-refractivity contribution in [2.45, 2.75) is 37.8 Å². The number of carbonyl (C=O) groups is 2. The number of benzene rings is 2. The van der Waals surface area contributed by atoms with Crippen molar-refractivity contribution in [1.29, 1.82) is 0 Å². The maximum Gasteiger partial charge on any atom is 0.411 e. The van der Waals surface area contributed by atoms with Crippen LogP contribution in [0.25, 0.3) is 0 Å². The van der Waals surface area contributed by atoms with Gasteiger partial charge in [0.25, 0.3) is 5.91 Å². The van der Waals surface area contributed by atoms with E-state index in [1.165, 1.54) is 31.4 Å². The molecule has 1 aliphatic carbocycles. The summed E-state index contributed by atoms with van der Waals surface area (Å²) in [6.07, 6.45) is 1.93. The minimum absolute atomic E-state index is 0.123. The van der Waals surface area contributed by atoms with Gasteiger partial charge in [0, 0.05) is 24.2 Å². The summed E-state index contributed by atoms with van der Waals surface area (Å²) < 4.78 is 28.9. The van der Waals surface area contributed by atoms with Crippen molar-refractivity contribution in [2.75, 3.05) is 19.5 Å². The van der Waals surface area contributed by atoms with Gasteiger partial charge in [-0.05, 0) is 55.7 Å². The maximum atomic E-state index is 13.0. The molecule has 3 rings (SSSR count). The van der Waals surface area contributed by atoms with E-state index in [2.05, 4.69) is 10.6 Å². The van der Waals surface area contributed by atoms with Crippen LogP contribution in [-0.2, 0) is 4.74 Å². The van der Waals surface area contributed by atoms with E-state index in [9.17, 15) is 14.0 Å². The Hall–Kier alpha value is -3.29. The highest BCUT2D eigenvalue weighted by Gasteiger charge is 2.27. The first-order valence-corrected chi connectivity index (χ1v) is 9.74. The van der Waals surface area contributed by atoms with Crippen LogP contribution in [0.15, 0.2) is 42.5 Å². The summed E-state index contributed by atoms with van der Waals surface area (Å²) >= 11 is 0. The topological polar surface area (TPSA) is 85.9 Å². The molecule has 1 saturated carbocycles. The molecule has 1 aliphatic rings. The van der Waals surface area contributed by atoms with E-state index in [1.54, 1.807) is 25.3 Å². The minimum atomic E-state index is -0.601. The van der Waals surface area contributed by atoms with Crippen LogP contribution in [0.5, 0.6) is 11.5 Å². The van der Waals surface area contributed by atoms with Crippen molar-refractivity contribution in [3.05, 3.63) is 53.8 Å². The third kappa shape index (κ3) is 5.62. The number of hydrogen-bond donors (Lipinski definition) is 2. The molecule has 1 fully saturated rings. The predicted molar refractivity (Wildman–Crippen MR) is 110 cm³/mol. The molecule has 0 radical (unpaired) electrons. The van der Waals surface area contributed by atoms with Crippen LogP contribution < -0.4 is 20.1 Å². The van der Waals surface area contributed by atoms with Crippen molar-refractivity contribution < 1.29 is 28.2 Å². The number of halogens is 1. The summed E-state index contributed by atoms with van der Waals surface area (Å²) in [7, 11) is 3.04. The van der Waals surface area contributed by atoms with E-state index in [1.807, 2.05) is 0 Å². The van der Waals surface area contributed by atoms with Crippen LogP contribution in [0.1, 0.15) is 36.0 Å². The lowest BCUT2D eigenvalue weighted by Crippen LogP contribution is -2.41. The van der Waals surface area contributed by atoms with Crippen LogP contribution >= 0.6 is 0 Å². The van der Waals surface area contributed by atoms with E-state index in [0.717, 1.165) is 19.3 Å². The van der Waals surface area contributed by atoms with Crippen molar-refractivity contribution in [3.8, 4) is 11.5 Å². The summed E-state index contributed by atoms with van der Waals surface area (Å²) in [4.78, 5) is 24.8. The van der Waals surface area contributed by atoms with Gasteiger partial charge in [0.2, 0.25) is 0 Å². The number of nitrogens with one attached hydrogen (secondary N) is 2. The lowest BCUT2D eigenvalue weighted by molar-refractivity contribution is 0.0712. The van der Waals surface area contributed by atoms with Gasteiger partial charge in [0.1, 0.15) is 23.4 Å². The van der Waals surface area contributed by atoms with Crippen LogP contribution in [0.3, 0.4) is 0 Å². The van der Waals surface area contributed by atoms with Gasteiger partial charge >= 0.3 is 6.09 Å². The summed E-state index contributed by atoms with van der Waals surface area (Å²) in [5, 5.41) is 5.57. The van der Waals surface area contributed by atoms with Gasteiger partial charge in [-0.3, -0.25) is 10.1 Å². The number of carbonyl (C=O) groups excluding carboxylic acids is 2. The van der Waals surface area contributed by atoms with Gasteiger partial charge in [0.15, 0.2) is 0 Å². The van der Waals surface area contributed by atoms with Gasteiger partial charge in [0.05, 0.1) is 19.8 Å². The summed E-state index contributed by atoms with van der Waals surface area (Å²) in [5.41, 5.74) is 0.865. The average Bonchev–Trinajstić information content (AvgIpc) is 2.75. The second-order valence-electron chi connectivity index (χ2n) is 7.06. The molecule has 0 unspecified atom stereocenters. The molecule has 0 aromatic heterocycles. The van der Waals surface area contributed by atoms with Gasteiger partial charge in [-0.15, -0.1) is 0 Å². The van der Waals surface area contributed by atoms with Crippen molar-refractivity contribution >= 4 is 17.7 Å². The standard InChI is InChI=1S/C22H25FN2O5/c1-28-17-10-11-19(20(13-17)29-2)21(26)24-16-4-3-5-18(12-16)30-22(27)25-15-8-6-14(23)7-9-15/h6-11,13,16,18H,3-5,12H2,1-2H3,(H,24,26)(H,25,27)/t16-,18+/m1/s1. The first-order valence-electron chi connectivity index (χ1n) is 9.74. The van der Waals surface area contributed by atoms with Crippen molar-refractivity contribution in [2.24, 2.45) is 0 Å². The zero-order valence-corrected chi connectivity index (χ0v) is 16.9. The lowest BCUT2D eigenvalue weighted by atomic mass is 9.92. The normalized spacial score (nSPS) is 18.2. The summed E-state index contributed by atoms with van der Waals surface area (Å²) in [6, 6.07) is 10.3. The Morgan fingerprint density at radius 3 is 2.50 bits per heavy atom. The third-order valence-corrected chi connectivity index (χ3v) is 4.98. The van der Waals surface area contributed by atoms with E-state index in [0.29, 0.717) is 29.2 Å². The number of amides is 2. The monoisotopic (exact) mass is 416 g/mol. The van der Waals surface area contributed by atoms with Gasteiger partial charge in [-0.2, -0.15) is 0 Å².